The van der Waals surface area contributed by atoms with Crippen molar-refractivity contribution < 1.29 is 0 Å². The number of rotatable bonds is 3. The molecule has 2 N–H and O–H groups in total. The van der Waals surface area contributed by atoms with Gasteiger partial charge in [-0.15, -0.1) is 11.3 Å². The molecular formula is C12H10BrN3S. The van der Waals surface area contributed by atoms with Crippen LogP contribution in [0, 0.1) is 0 Å². The van der Waals surface area contributed by atoms with E-state index in [-0.39, 0.29) is 0 Å². The van der Waals surface area contributed by atoms with Gasteiger partial charge in [-0.1, -0.05) is 12.1 Å². The molecule has 0 unspecified atom stereocenters. The Hall–Kier alpha value is -1.33. The van der Waals surface area contributed by atoms with Crippen LogP contribution in [0.25, 0.3) is 10.9 Å². The number of nitrogens with zero attached hydrogens (tertiary/aromatic N) is 1. The topological polar surface area (TPSA) is 40.7 Å². The summed E-state index contributed by atoms with van der Waals surface area (Å²) in [5, 5.41) is 13.7. The second kappa shape index (κ2) is 4.50. The van der Waals surface area contributed by atoms with Crippen LogP contribution in [-0.2, 0) is 6.54 Å². The predicted molar refractivity (Wildman–Crippen MR) is 75.4 cm³/mol. The number of hydrogen-bond donors (Lipinski definition) is 2. The summed E-state index contributed by atoms with van der Waals surface area (Å²) in [4.78, 5) is 1.30. The van der Waals surface area contributed by atoms with Crippen molar-refractivity contribution in [1.29, 1.82) is 0 Å². The van der Waals surface area contributed by atoms with E-state index >= 15 is 0 Å². The molecule has 86 valence electrons. The summed E-state index contributed by atoms with van der Waals surface area (Å²) in [5.74, 6) is 0. The van der Waals surface area contributed by atoms with E-state index in [1.54, 1.807) is 11.3 Å². The van der Waals surface area contributed by atoms with E-state index in [4.69, 9.17) is 0 Å². The minimum atomic E-state index is 0.828. The molecule has 1 aromatic carbocycles. The van der Waals surface area contributed by atoms with Gasteiger partial charge in [0.05, 0.1) is 17.4 Å². The van der Waals surface area contributed by atoms with Gasteiger partial charge in [0.1, 0.15) is 0 Å². The van der Waals surface area contributed by atoms with Crippen LogP contribution in [0.5, 0.6) is 0 Å². The van der Waals surface area contributed by atoms with E-state index in [1.807, 2.05) is 18.3 Å². The second-order valence-electron chi connectivity index (χ2n) is 3.72. The molecule has 2 heterocycles. The Morgan fingerprint density at radius 3 is 3.18 bits per heavy atom. The lowest BCUT2D eigenvalue weighted by Crippen LogP contribution is -1.97. The van der Waals surface area contributed by atoms with Crippen LogP contribution in [0.15, 0.2) is 40.3 Å². The lowest BCUT2D eigenvalue weighted by molar-refractivity contribution is 1.11. The molecule has 0 aliphatic carbocycles. The molecule has 0 spiro atoms. The fourth-order valence-electron chi connectivity index (χ4n) is 1.75. The number of aromatic nitrogens is 2. The van der Waals surface area contributed by atoms with Crippen molar-refractivity contribution in [3.63, 3.8) is 0 Å². The van der Waals surface area contributed by atoms with Crippen LogP contribution in [0.4, 0.5) is 5.69 Å². The maximum absolute atomic E-state index is 4.05. The fourth-order valence-corrected chi connectivity index (χ4v) is 3.14. The zero-order valence-corrected chi connectivity index (χ0v) is 11.3. The van der Waals surface area contributed by atoms with Gasteiger partial charge in [-0.3, -0.25) is 5.10 Å². The molecule has 0 radical (unpaired) electrons. The summed E-state index contributed by atoms with van der Waals surface area (Å²) in [5.41, 5.74) is 2.15. The molecule has 17 heavy (non-hydrogen) atoms. The molecule has 0 aliphatic rings. The largest absolute Gasteiger partial charge is 0.378 e. The van der Waals surface area contributed by atoms with E-state index in [0.717, 1.165) is 27.6 Å². The number of para-hydroxylation sites is 1. The monoisotopic (exact) mass is 307 g/mol. The van der Waals surface area contributed by atoms with Gasteiger partial charge >= 0.3 is 0 Å². The summed E-state index contributed by atoms with van der Waals surface area (Å²) < 4.78 is 1.14. The van der Waals surface area contributed by atoms with E-state index in [0.29, 0.717) is 0 Å². The Kier molecular flexibility index (Phi) is 2.86. The first-order valence-electron chi connectivity index (χ1n) is 5.22. The Morgan fingerprint density at radius 1 is 1.41 bits per heavy atom. The maximum atomic E-state index is 4.05. The van der Waals surface area contributed by atoms with Crippen molar-refractivity contribution in [3.05, 3.63) is 45.2 Å². The molecule has 0 saturated heterocycles. The van der Waals surface area contributed by atoms with Gasteiger partial charge in [0.25, 0.3) is 0 Å². The van der Waals surface area contributed by atoms with E-state index in [2.05, 4.69) is 49.0 Å². The smallest absolute Gasteiger partial charge is 0.0881 e. The van der Waals surface area contributed by atoms with Gasteiger partial charge in [-0.25, -0.2) is 0 Å². The minimum absolute atomic E-state index is 0.828. The van der Waals surface area contributed by atoms with Crippen molar-refractivity contribution in [3.8, 4) is 0 Å². The van der Waals surface area contributed by atoms with Gasteiger partial charge in [-0.2, -0.15) is 5.10 Å². The van der Waals surface area contributed by atoms with Crippen molar-refractivity contribution >= 4 is 43.9 Å². The van der Waals surface area contributed by atoms with Gasteiger partial charge in [0, 0.05) is 26.7 Å². The summed E-state index contributed by atoms with van der Waals surface area (Å²) in [6, 6.07) is 8.27. The number of anilines is 1. The average Bonchev–Trinajstić information content (AvgIpc) is 2.94. The van der Waals surface area contributed by atoms with Crippen molar-refractivity contribution in [2.75, 3.05) is 5.32 Å². The Bertz CT molecular complexity index is 644. The zero-order chi connectivity index (χ0) is 11.7. The summed E-state index contributed by atoms with van der Waals surface area (Å²) in [6.07, 6.45) is 1.84. The number of H-pyrrole nitrogens is 1. The zero-order valence-electron chi connectivity index (χ0n) is 8.90. The quantitative estimate of drug-likeness (QED) is 0.768. The first-order chi connectivity index (χ1) is 8.33. The van der Waals surface area contributed by atoms with Gasteiger partial charge in [0.15, 0.2) is 0 Å². The average molecular weight is 308 g/mol. The number of fused-ring (bicyclic) bond motifs is 1. The first-order valence-corrected chi connectivity index (χ1v) is 6.89. The highest BCUT2D eigenvalue weighted by Gasteiger charge is 2.03. The Labute approximate surface area is 111 Å². The second-order valence-corrected chi connectivity index (χ2v) is 5.64. The van der Waals surface area contributed by atoms with Crippen LogP contribution in [0.3, 0.4) is 0 Å². The molecule has 0 aliphatic heterocycles. The van der Waals surface area contributed by atoms with E-state index < -0.39 is 0 Å². The number of hydrogen-bond acceptors (Lipinski definition) is 3. The molecule has 0 fully saturated rings. The van der Waals surface area contributed by atoms with Crippen molar-refractivity contribution in [2.24, 2.45) is 0 Å². The molecule has 2 aromatic heterocycles. The van der Waals surface area contributed by atoms with E-state index in [1.165, 1.54) is 4.88 Å². The maximum Gasteiger partial charge on any atom is 0.0881 e. The molecule has 5 heteroatoms. The first kappa shape index (κ1) is 10.8. The van der Waals surface area contributed by atoms with Crippen LogP contribution in [0.1, 0.15) is 4.88 Å². The van der Waals surface area contributed by atoms with Crippen molar-refractivity contribution in [1.82, 2.24) is 10.2 Å². The van der Waals surface area contributed by atoms with Crippen molar-refractivity contribution in [2.45, 2.75) is 6.54 Å². The lowest BCUT2D eigenvalue weighted by atomic mass is 10.2. The SMILES string of the molecule is Brc1csc(CNc2cccc3cn[nH]c23)c1. The highest BCUT2D eigenvalue weighted by molar-refractivity contribution is 9.10. The molecular weight excluding hydrogens is 298 g/mol. The predicted octanol–water partition coefficient (Wildman–Crippen LogP) is 4.00. The summed E-state index contributed by atoms with van der Waals surface area (Å²) in [6.45, 7) is 0.828. The number of thiophene rings is 1. The molecule has 0 saturated carbocycles. The molecule has 3 aromatic rings. The third kappa shape index (κ3) is 2.21. The molecule has 3 rings (SSSR count). The third-order valence-corrected chi connectivity index (χ3v) is 4.25. The Balaban J connectivity index is 1.83. The highest BCUT2D eigenvalue weighted by Crippen LogP contribution is 2.24. The van der Waals surface area contributed by atoms with E-state index in [9.17, 15) is 0 Å². The van der Waals surface area contributed by atoms with Gasteiger partial charge in [0.2, 0.25) is 0 Å². The highest BCUT2D eigenvalue weighted by atomic mass is 79.9. The lowest BCUT2D eigenvalue weighted by Gasteiger charge is -2.05. The number of nitrogens with one attached hydrogen (secondary N) is 2. The molecule has 0 bridgehead atoms. The molecule has 0 atom stereocenters. The summed E-state index contributed by atoms with van der Waals surface area (Å²) in [7, 11) is 0. The normalized spacial score (nSPS) is 10.9. The number of benzene rings is 1. The van der Waals surface area contributed by atoms with Crippen LogP contribution in [-0.4, -0.2) is 10.2 Å². The molecule has 0 amide bonds. The molecule has 3 nitrogen and oxygen atoms in total. The fraction of sp³-hybridized carbons (Fsp3) is 0.0833. The minimum Gasteiger partial charge on any atom is -0.378 e. The van der Waals surface area contributed by atoms with Crippen LogP contribution >= 0.6 is 27.3 Å². The Morgan fingerprint density at radius 2 is 2.35 bits per heavy atom. The summed E-state index contributed by atoms with van der Waals surface area (Å²) >= 11 is 5.20. The van der Waals surface area contributed by atoms with Gasteiger partial charge in [-0.05, 0) is 28.1 Å². The van der Waals surface area contributed by atoms with Crippen LogP contribution < -0.4 is 5.32 Å². The van der Waals surface area contributed by atoms with Gasteiger partial charge < -0.3 is 5.32 Å². The standard InChI is InChI=1S/C12H10BrN3S/c13-9-4-10(17-7-9)6-14-11-3-1-2-8-5-15-16-12(8)11/h1-5,7,14H,6H2,(H,15,16). The van der Waals surface area contributed by atoms with Crippen LogP contribution in [0.2, 0.25) is 0 Å². The third-order valence-electron chi connectivity index (χ3n) is 2.55. The number of halogens is 1. The number of aromatic amines is 1.